The molecule has 1 fully saturated rings. The molecule has 1 N–H and O–H groups in total. The Morgan fingerprint density at radius 1 is 1.32 bits per heavy atom. The Kier molecular flexibility index (Phi) is 6.86. The van der Waals surface area contributed by atoms with Crippen molar-refractivity contribution in [3.8, 4) is 5.75 Å². The first-order valence-corrected chi connectivity index (χ1v) is 8.52. The summed E-state index contributed by atoms with van der Waals surface area (Å²) in [5, 5.41) is 2.97. The molecule has 25 heavy (non-hydrogen) atoms. The number of carbonyl (C=O) groups is 2. The summed E-state index contributed by atoms with van der Waals surface area (Å²) in [5.74, 6) is 0.587. The van der Waals surface area contributed by atoms with E-state index in [2.05, 4.69) is 11.9 Å². The second-order valence-electron chi connectivity index (χ2n) is 6.18. The number of aryl methyl sites for hydroxylation is 1. The van der Waals surface area contributed by atoms with Gasteiger partial charge in [-0.2, -0.15) is 0 Å². The van der Waals surface area contributed by atoms with Crippen LogP contribution >= 0.6 is 0 Å². The highest BCUT2D eigenvalue weighted by Gasteiger charge is 2.24. The fourth-order valence-electron chi connectivity index (χ4n) is 2.72. The fourth-order valence-corrected chi connectivity index (χ4v) is 2.72. The van der Waals surface area contributed by atoms with Crippen molar-refractivity contribution >= 4 is 12.0 Å². The molecule has 0 bridgehead atoms. The van der Waals surface area contributed by atoms with Crippen molar-refractivity contribution in [2.24, 2.45) is 0 Å². The predicted octanol–water partition coefficient (Wildman–Crippen LogP) is 2.59. The zero-order valence-corrected chi connectivity index (χ0v) is 14.9. The molecule has 6 nitrogen and oxygen atoms in total. The Hall–Kier alpha value is -2.50. The van der Waals surface area contributed by atoms with Crippen LogP contribution in [0.2, 0.25) is 0 Å². The number of carbonyl (C=O) groups excluding carboxylic acids is 2. The molecule has 0 aliphatic carbocycles. The molecule has 1 saturated heterocycles. The van der Waals surface area contributed by atoms with E-state index < -0.39 is 0 Å². The third-order valence-electron chi connectivity index (χ3n) is 4.36. The smallest absolute Gasteiger partial charge is 0.410 e. The number of hydrogen-bond donors (Lipinski definition) is 1. The highest BCUT2D eigenvalue weighted by molar-refractivity contribution is 5.78. The van der Waals surface area contributed by atoms with Crippen LogP contribution in [0.15, 0.2) is 30.9 Å². The maximum atomic E-state index is 12.1. The Morgan fingerprint density at radius 3 is 2.72 bits per heavy atom. The van der Waals surface area contributed by atoms with Crippen LogP contribution in [0.3, 0.4) is 0 Å². The average molecular weight is 346 g/mol. The first-order chi connectivity index (χ1) is 12.0. The molecular weight excluding hydrogens is 320 g/mol. The second kappa shape index (κ2) is 9.11. The highest BCUT2D eigenvalue weighted by atomic mass is 16.6. The molecule has 0 spiro atoms. The summed E-state index contributed by atoms with van der Waals surface area (Å²) < 4.78 is 10.6. The van der Waals surface area contributed by atoms with Crippen LogP contribution < -0.4 is 10.1 Å². The zero-order chi connectivity index (χ0) is 18.2. The number of hydrogen-bond acceptors (Lipinski definition) is 4. The van der Waals surface area contributed by atoms with Gasteiger partial charge in [0.05, 0.1) is 0 Å². The summed E-state index contributed by atoms with van der Waals surface area (Å²) in [6.45, 7) is 8.84. The number of nitrogens with one attached hydrogen (secondary N) is 1. The number of piperidine rings is 1. The van der Waals surface area contributed by atoms with Crippen molar-refractivity contribution in [1.82, 2.24) is 10.2 Å². The molecule has 0 aromatic heterocycles. The summed E-state index contributed by atoms with van der Waals surface area (Å²) in [5.41, 5.74) is 2.18. The third kappa shape index (κ3) is 5.52. The van der Waals surface area contributed by atoms with E-state index in [0.29, 0.717) is 25.9 Å². The van der Waals surface area contributed by atoms with Crippen LogP contribution in [0.5, 0.6) is 5.75 Å². The maximum Gasteiger partial charge on any atom is 0.410 e. The molecule has 1 aliphatic heterocycles. The van der Waals surface area contributed by atoms with Crippen molar-refractivity contribution in [3.63, 3.8) is 0 Å². The van der Waals surface area contributed by atoms with Crippen LogP contribution in [-0.4, -0.2) is 49.2 Å². The number of amides is 2. The van der Waals surface area contributed by atoms with E-state index in [9.17, 15) is 9.59 Å². The van der Waals surface area contributed by atoms with Crippen LogP contribution in [-0.2, 0) is 9.53 Å². The minimum atomic E-state index is -0.331. The molecule has 2 rings (SSSR count). The monoisotopic (exact) mass is 346 g/mol. The van der Waals surface area contributed by atoms with E-state index in [4.69, 9.17) is 9.47 Å². The number of rotatable bonds is 6. The Bertz CT molecular complexity index is 622. The lowest BCUT2D eigenvalue weighted by Gasteiger charge is -2.31. The van der Waals surface area contributed by atoms with Crippen molar-refractivity contribution in [2.45, 2.75) is 32.7 Å². The van der Waals surface area contributed by atoms with Gasteiger partial charge in [-0.05, 0) is 43.9 Å². The van der Waals surface area contributed by atoms with E-state index in [0.717, 1.165) is 16.9 Å². The van der Waals surface area contributed by atoms with E-state index >= 15 is 0 Å². The topological polar surface area (TPSA) is 67.9 Å². The summed E-state index contributed by atoms with van der Waals surface area (Å²) >= 11 is 0. The molecule has 1 aromatic rings. The van der Waals surface area contributed by atoms with Gasteiger partial charge in [-0.15, -0.1) is 0 Å². The number of nitrogens with zero attached hydrogens (tertiary/aromatic N) is 1. The second-order valence-corrected chi connectivity index (χ2v) is 6.18. The molecule has 0 radical (unpaired) electrons. The van der Waals surface area contributed by atoms with Gasteiger partial charge in [0.15, 0.2) is 6.61 Å². The van der Waals surface area contributed by atoms with E-state index in [1.807, 2.05) is 32.0 Å². The Labute approximate surface area is 148 Å². The third-order valence-corrected chi connectivity index (χ3v) is 4.36. The average Bonchev–Trinajstić information content (AvgIpc) is 2.61. The van der Waals surface area contributed by atoms with Crippen LogP contribution in [0.4, 0.5) is 4.79 Å². The van der Waals surface area contributed by atoms with Crippen molar-refractivity contribution in [3.05, 3.63) is 42.0 Å². The molecule has 6 heteroatoms. The van der Waals surface area contributed by atoms with Gasteiger partial charge in [0.1, 0.15) is 12.4 Å². The van der Waals surface area contributed by atoms with Gasteiger partial charge in [0.2, 0.25) is 0 Å². The summed E-state index contributed by atoms with van der Waals surface area (Å²) in [4.78, 5) is 25.5. The predicted molar refractivity (Wildman–Crippen MR) is 95.7 cm³/mol. The SMILES string of the molecule is C=CCOC(=O)N1CCC(NC(=O)COc2cccc(C)c2C)CC1. The Morgan fingerprint density at radius 2 is 2.04 bits per heavy atom. The van der Waals surface area contributed by atoms with Crippen LogP contribution in [0.25, 0.3) is 0 Å². The zero-order valence-electron chi connectivity index (χ0n) is 14.9. The molecule has 1 heterocycles. The molecule has 0 saturated carbocycles. The molecule has 1 aliphatic rings. The van der Waals surface area contributed by atoms with E-state index in [1.54, 1.807) is 11.0 Å². The largest absolute Gasteiger partial charge is 0.483 e. The lowest BCUT2D eigenvalue weighted by molar-refractivity contribution is -0.124. The van der Waals surface area contributed by atoms with Gasteiger partial charge < -0.3 is 19.7 Å². The molecule has 1 aromatic carbocycles. The van der Waals surface area contributed by atoms with E-state index in [-0.39, 0.29) is 31.3 Å². The molecule has 0 atom stereocenters. The minimum Gasteiger partial charge on any atom is -0.483 e. The normalized spacial score (nSPS) is 14.7. The molecule has 2 amide bonds. The Balaban J connectivity index is 1.72. The van der Waals surface area contributed by atoms with Crippen molar-refractivity contribution < 1.29 is 19.1 Å². The van der Waals surface area contributed by atoms with Gasteiger partial charge in [-0.25, -0.2) is 4.79 Å². The minimum absolute atomic E-state index is 0.00805. The number of ether oxygens (including phenoxy) is 2. The van der Waals surface area contributed by atoms with Gasteiger partial charge in [-0.1, -0.05) is 24.8 Å². The van der Waals surface area contributed by atoms with Crippen molar-refractivity contribution in [1.29, 1.82) is 0 Å². The molecule has 0 unspecified atom stereocenters. The summed E-state index contributed by atoms with van der Waals surface area (Å²) in [6.07, 6.45) is 2.63. The van der Waals surface area contributed by atoms with E-state index in [1.165, 1.54) is 0 Å². The van der Waals surface area contributed by atoms with Gasteiger partial charge in [-0.3, -0.25) is 4.79 Å². The summed E-state index contributed by atoms with van der Waals surface area (Å²) in [6, 6.07) is 5.84. The van der Waals surface area contributed by atoms with Gasteiger partial charge in [0.25, 0.3) is 5.91 Å². The number of benzene rings is 1. The fraction of sp³-hybridized carbons (Fsp3) is 0.474. The molecule has 136 valence electrons. The van der Waals surface area contributed by atoms with Crippen molar-refractivity contribution in [2.75, 3.05) is 26.3 Å². The lowest BCUT2D eigenvalue weighted by Crippen LogP contribution is -2.47. The quantitative estimate of drug-likeness (QED) is 0.804. The first-order valence-electron chi connectivity index (χ1n) is 8.52. The highest BCUT2D eigenvalue weighted by Crippen LogP contribution is 2.20. The van der Waals surface area contributed by atoms with Gasteiger partial charge >= 0.3 is 6.09 Å². The summed E-state index contributed by atoms with van der Waals surface area (Å²) in [7, 11) is 0. The van der Waals surface area contributed by atoms with Crippen LogP contribution in [0.1, 0.15) is 24.0 Å². The standard InChI is InChI=1S/C19H26N2O4/c1-4-12-24-19(23)21-10-8-16(9-11-21)20-18(22)13-25-17-7-5-6-14(2)15(17)3/h4-7,16H,1,8-13H2,2-3H3,(H,20,22). The van der Waals surface area contributed by atoms with Crippen LogP contribution in [0, 0.1) is 13.8 Å². The maximum absolute atomic E-state index is 12.1. The lowest BCUT2D eigenvalue weighted by atomic mass is 10.1. The number of likely N-dealkylation sites (tertiary alicyclic amines) is 1. The first kappa shape index (κ1) is 18.8. The molecular formula is C19H26N2O4. The van der Waals surface area contributed by atoms with Gasteiger partial charge in [0, 0.05) is 19.1 Å².